The summed E-state index contributed by atoms with van der Waals surface area (Å²) in [5.74, 6) is 1.62. The van der Waals surface area contributed by atoms with Crippen molar-refractivity contribution in [3.63, 3.8) is 0 Å². The Labute approximate surface area is 109 Å². The topological polar surface area (TPSA) is 54.4 Å². The second-order valence-electron chi connectivity index (χ2n) is 4.58. The summed E-state index contributed by atoms with van der Waals surface area (Å²) in [6.07, 6.45) is 6.10. The SMILES string of the molecule is CC(C)Oc1cccnc1NCCCCCCO. The number of unbranched alkanes of at least 4 members (excludes halogenated alkanes) is 3. The predicted molar refractivity (Wildman–Crippen MR) is 74.0 cm³/mol. The van der Waals surface area contributed by atoms with Crippen molar-refractivity contribution in [2.24, 2.45) is 0 Å². The predicted octanol–water partition coefficient (Wildman–Crippen LogP) is 2.83. The molecule has 0 saturated carbocycles. The zero-order valence-electron chi connectivity index (χ0n) is 11.4. The molecule has 1 aromatic rings. The molecular weight excluding hydrogens is 228 g/mol. The van der Waals surface area contributed by atoms with Gasteiger partial charge in [0, 0.05) is 19.3 Å². The largest absolute Gasteiger partial charge is 0.487 e. The smallest absolute Gasteiger partial charge is 0.168 e. The first-order valence-corrected chi connectivity index (χ1v) is 6.70. The second-order valence-corrected chi connectivity index (χ2v) is 4.58. The molecule has 1 rings (SSSR count). The number of anilines is 1. The molecule has 0 spiro atoms. The molecule has 2 N–H and O–H groups in total. The van der Waals surface area contributed by atoms with Crippen LogP contribution in [0.1, 0.15) is 39.5 Å². The van der Waals surface area contributed by atoms with E-state index in [1.165, 1.54) is 0 Å². The summed E-state index contributed by atoms with van der Waals surface area (Å²) in [7, 11) is 0. The number of nitrogens with zero attached hydrogens (tertiary/aromatic N) is 1. The lowest BCUT2D eigenvalue weighted by Crippen LogP contribution is -2.10. The Balaban J connectivity index is 2.32. The summed E-state index contributed by atoms with van der Waals surface area (Å²) in [5, 5.41) is 12.0. The Kier molecular flexibility index (Phi) is 7.18. The Morgan fingerprint density at radius 1 is 1.28 bits per heavy atom. The molecule has 1 aromatic heterocycles. The molecule has 18 heavy (non-hydrogen) atoms. The number of aromatic nitrogens is 1. The first-order valence-electron chi connectivity index (χ1n) is 6.70. The highest BCUT2D eigenvalue weighted by atomic mass is 16.5. The number of aliphatic hydroxyl groups excluding tert-OH is 1. The highest BCUT2D eigenvalue weighted by Gasteiger charge is 2.05. The van der Waals surface area contributed by atoms with Crippen LogP contribution in [0, 0.1) is 0 Å². The van der Waals surface area contributed by atoms with Crippen LogP contribution in [0.25, 0.3) is 0 Å². The molecule has 0 saturated heterocycles. The maximum atomic E-state index is 8.68. The van der Waals surface area contributed by atoms with E-state index in [9.17, 15) is 0 Å². The number of ether oxygens (including phenoxy) is 1. The van der Waals surface area contributed by atoms with Crippen LogP contribution in [-0.2, 0) is 0 Å². The quantitative estimate of drug-likeness (QED) is 0.664. The summed E-state index contributed by atoms with van der Waals surface area (Å²) in [4.78, 5) is 4.29. The molecular formula is C14H24N2O2. The van der Waals surface area contributed by atoms with Gasteiger partial charge >= 0.3 is 0 Å². The Morgan fingerprint density at radius 2 is 2.06 bits per heavy atom. The molecule has 0 amide bonds. The van der Waals surface area contributed by atoms with Crippen LogP contribution in [0.4, 0.5) is 5.82 Å². The van der Waals surface area contributed by atoms with Gasteiger partial charge in [-0.1, -0.05) is 12.8 Å². The van der Waals surface area contributed by atoms with Gasteiger partial charge in [0.1, 0.15) is 0 Å². The van der Waals surface area contributed by atoms with Crippen molar-refractivity contribution in [2.75, 3.05) is 18.5 Å². The van der Waals surface area contributed by atoms with Crippen LogP contribution in [0.2, 0.25) is 0 Å². The van der Waals surface area contributed by atoms with Crippen molar-refractivity contribution in [2.45, 2.75) is 45.6 Å². The maximum Gasteiger partial charge on any atom is 0.168 e. The van der Waals surface area contributed by atoms with E-state index in [2.05, 4.69) is 10.3 Å². The zero-order valence-corrected chi connectivity index (χ0v) is 11.4. The van der Waals surface area contributed by atoms with Gasteiger partial charge in [-0.2, -0.15) is 0 Å². The summed E-state index contributed by atoms with van der Waals surface area (Å²) in [6.45, 7) is 5.19. The number of aliphatic hydroxyl groups is 1. The average Bonchev–Trinajstić information content (AvgIpc) is 2.35. The van der Waals surface area contributed by atoms with E-state index in [0.717, 1.165) is 43.8 Å². The molecule has 0 radical (unpaired) electrons. The Morgan fingerprint density at radius 3 is 2.78 bits per heavy atom. The molecule has 0 fully saturated rings. The summed E-state index contributed by atoms with van der Waals surface area (Å²) >= 11 is 0. The summed E-state index contributed by atoms with van der Waals surface area (Å²) < 4.78 is 5.68. The van der Waals surface area contributed by atoms with Gasteiger partial charge in [0.25, 0.3) is 0 Å². The van der Waals surface area contributed by atoms with E-state index in [0.29, 0.717) is 6.61 Å². The van der Waals surface area contributed by atoms with Gasteiger partial charge in [0.2, 0.25) is 0 Å². The fourth-order valence-corrected chi connectivity index (χ4v) is 1.67. The van der Waals surface area contributed by atoms with Gasteiger partial charge < -0.3 is 15.2 Å². The molecule has 4 heteroatoms. The minimum Gasteiger partial charge on any atom is -0.487 e. The van der Waals surface area contributed by atoms with Crippen LogP contribution >= 0.6 is 0 Å². The Bertz CT molecular complexity index is 329. The van der Waals surface area contributed by atoms with E-state index in [-0.39, 0.29) is 6.10 Å². The lowest BCUT2D eigenvalue weighted by Gasteiger charge is -2.14. The van der Waals surface area contributed by atoms with Crippen LogP contribution in [0.15, 0.2) is 18.3 Å². The fraction of sp³-hybridized carbons (Fsp3) is 0.643. The third-order valence-electron chi connectivity index (χ3n) is 2.51. The monoisotopic (exact) mass is 252 g/mol. The molecule has 0 aromatic carbocycles. The molecule has 0 aliphatic heterocycles. The van der Waals surface area contributed by atoms with E-state index in [1.807, 2.05) is 26.0 Å². The van der Waals surface area contributed by atoms with Crippen molar-refractivity contribution in [1.82, 2.24) is 4.98 Å². The first kappa shape index (κ1) is 14.8. The van der Waals surface area contributed by atoms with Crippen molar-refractivity contribution in [1.29, 1.82) is 0 Å². The Hall–Kier alpha value is -1.29. The van der Waals surface area contributed by atoms with Gasteiger partial charge in [0.15, 0.2) is 11.6 Å². The fourth-order valence-electron chi connectivity index (χ4n) is 1.67. The van der Waals surface area contributed by atoms with Gasteiger partial charge in [-0.3, -0.25) is 0 Å². The van der Waals surface area contributed by atoms with Gasteiger partial charge in [-0.25, -0.2) is 4.98 Å². The number of hydrogen-bond acceptors (Lipinski definition) is 4. The van der Waals surface area contributed by atoms with E-state index >= 15 is 0 Å². The summed E-state index contributed by atoms with van der Waals surface area (Å²) in [6, 6.07) is 3.81. The normalized spacial score (nSPS) is 10.7. The lowest BCUT2D eigenvalue weighted by atomic mass is 10.2. The van der Waals surface area contributed by atoms with Crippen LogP contribution < -0.4 is 10.1 Å². The van der Waals surface area contributed by atoms with Crippen molar-refractivity contribution >= 4 is 5.82 Å². The second kappa shape index (κ2) is 8.75. The van der Waals surface area contributed by atoms with Gasteiger partial charge in [0.05, 0.1) is 6.10 Å². The minimum atomic E-state index is 0.152. The van der Waals surface area contributed by atoms with Crippen molar-refractivity contribution in [3.8, 4) is 5.75 Å². The molecule has 0 aliphatic rings. The third-order valence-corrected chi connectivity index (χ3v) is 2.51. The van der Waals surface area contributed by atoms with Gasteiger partial charge in [-0.05, 0) is 38.8 Å². The number of hydrogen-bond donors (Lipinski definition) is 2. The maximum absolute atomic E-state index is 8.68. The third kappa shape index (κ3) is 5.87. The molecule has 0 unspecified atom stereocenters. The highest BCUT2D eigenvalue weighted by molar-refractivity contribution is 5.49. The average molecular weight is 252 g/mol. The van der Waals surface area contributed by atoms with Crippen molar-refractivity contribution < 1.29 is 9.84 Å². The standard InChI is InChI=1S/C14H24N2O2/c1-12(2)18-13-8-7-10-16-14(13)15-9-5-3-4-6-11-17/h7-8,10,12,17H,3-6,9,11H2,1-2H3,(H,15,16). The number of pyridine rings is 1. The first-order chi connectivity index (χ1) is 8.74. The lowest BCUT2D eigenvalue weighted by molar-refractivity contribution is 0.243. The van der Waals surface area contributed by atoms with Crippen LogP contribution in [0.5, 0.6) is 5.75 Å². The summed E-state index contributed by atoms with van der Waals surface area (Å²) in [5.41, 5.74) is 0. The molecule has 4 nitrogen and oxygen atoms in total. The van der Waals surface area contributed by atoms with E-state index in [1.54, 1.807) is 6.20 Å². The van der Waals surface area contributed by atoms with Crippen molar-refractivity contribution in [3.05, 3.63) is 18.3 Å². The van der Waals surface area contributed by atoms with E-state index in [4.69, 9.17) is 9.84 Å². The highest BCUT2D eigenvalue weighted by Crippen LogP contribution is 2.22. The van der Waals surface area contributed by atoms with Crippen LogP contribution in [0.3, 0.4) is 0 Å². The number of nitrogens with one attached hydrogen (secondary N) is 1. The van der Waals surface area contributed by atoms with Crippen LogP contribution in [-0.4, -0.2) is 29.3 Å². The van der Waals surface area contributed by atoms with E-state index < -0.39 is 0 Å². The molecule has 0 atom stereocenters. The minimum absolute atomic E-state index is 0.152. The van der Waals surface area contributed by atoms with Gasteiger partial charge in [-0.15, -0.1) is 0 Å². The molecule has 0 bridgehead atoms. The zero-order chi connectivity index (χ0) is 13.2. The molecule has 102 valence electrons. The number of rotatable bonds is 9. The molecule has 0 aliphatic carbocycles. The molecule has 1 heterocycles.